The van der Waals surface area contributed by atoms with E-state index in [1.165, 1.54) is 25.7 Å². The van der Waals surface area contributed by atoms with Crippen LogP contribution in [0.3, 0.4) is 0 Å². The van der Waals surface area contributed by atoms with Crippen LogP contribution in [0, 0.1) is 23.7 Å². The lowest BCUT2D eigenvalue weighted by Crippen LogP contribution is -2.55. The molecular weight excluding hydrogens is 500 g/mol. The molecule has 0 aromatic heterocycles. The lowest BCUT2D eigenvalue weighted by atomic mass is 9.81. The van der Waals surface area contributed by atoms with Gasteiger partial charge in [-0.05, 0) is 77.0 Å². The van der Waals surface area contributed by atoms with Crippen molar-refractivity contribution in [2.75, 3.05) is 0 Å². The molecule has 0 spiro atoms. The van der Waals surface area contributed by atoms with Crippen LogP contribution in [0.15, 0.2) is 0 Å². The summed E-state index contributed by atoms with van der Waals surface area (Å²) in [6.07, 6.45) is 23.5. The Hall–Kier alpha value is -1.72. The van der Waals surface area contributed by atoms with Gasteiger partial charge in [0.2, 0.25) is 23.6 Å². The molecule has 4 amide bonds. The molecule has 5 rings (SSSR count). The van der Waals surface area contributed by atoms with Crippen LogP contribution < -0.4 is 0 Å². The van der Waals surface area contributed by atoms with E-state index < -0.39 is 0 Å². The van der Waals surface area contributed by atoms with Gasteiger partial charge in [0, 0.05) is 35.8 Å². The molecule has 0 saturated heterocycles. The molecule has 6 nitrogen and oxygen atoms in total. The van der Waals surface area contributed by atoms with E-state index in [-0.39, 0.29) is 59.4 Å². The smallest absolute Gasteiger partial charge is 0.232 e. The predicted octanol–water partition coefficient (Wildman–Crippen LogP) is 7.33. The SMILES string of the molecule is O=C(C1CCCCC1)N(C(=O)C1CCCCC1)C1CCC(N(C(=O)C2CCCCC2)C(=O)C2CCCCC2)CC1. The number of carbonyl (C=O) groups is 4. The molecule has 0 bridgehead atoms. The third-order valence-corrected chi connectivity index (χ3v) is 11.2. The van der Waals surface area contributed by atoms with Gasteiger partial charge >= 0.3 is 0 Å². The fraction of sp³-hybridized carbons (Fsp3) is 0.882. The summed E-state index contributed by atoms with van der Waals surface area (Å²) in [5.41, 5.74) is 0. The van der Waals surface area contributed by atoms with E-state index >= 15 is 0 Å². The summed E-state index contributed by atoms with van der Waals surface area (Å²) in [7, 11) is 0. The van der Waals surface area contributed by atoms with Crippen molar-refractivity contribution in [1.29, 1.82) is 0 Å². The Labute approximate surface area is 242 Å². The van der Waals surface area contributed by atoms with E-state index in [0.29, 0.717) is 25.7 Å². The van der Waals surface area contributed by atoms with Crippen LogP contribution in [0.5, 0.6) is 0 Å². The topological polar surface area (TPSA) is 74.8 Å². The van der Waals surface area contributed by atoms with Crippen LogP contribution in [0.25, 0.3) is 0 Å². The molecule has 0 atom stereocenters. The second-order valence-electron chi connectivity index (χ2n) is 13.9. The van der Waals surface area contributed by atoms with Crippen molar-refractivity contribution < 1.29 is 19.2 Å². The van der Waals surface area contributed by atoms with Gasteiger partial charge < -0.3 is 0 Å². The highest BCUT2D eigenvalue weighted by atomic mass is 16.2. The van der Waals surface area contributed by atoms with Gasteiger partial charge in [-0.3, -0.25) is 29.0 Å². The normalized spacial score (nSPS) is 28.1. The van der Waals surface area contributed by atoms with Gasteiger partial charge in [-0.1, -0.05) is 77.0 Å². The zero-order valence-electron chi connectivity index (χ0n) is 25.0. The molecule has 0 aliphatic heterocycles. The highest BCUT2D eigenvalue weighted by Crippen LogP contribution is 2.37. The Kier molecular flexibility index (Phi) is 10.7. The van der Waals surface area contributed by atoms with Crippen molar-refractivity contribution in [2.24, 2.45) is 23.7 Å². The van der Waals surface area contributed by atoms with E-state index in [2.05, 4.69) is 0 Å². The maximum atomic E-state index is 13.9. The summed E-state index contributed by atoms with van der Waals surface area (Å²) in [4.78, 5) is 59.1. The average molecular weight is 555 g/mol. The van der Waals surface area contributed by atoms with E-state index in [4.69, 9.17) is 0 Å². The fourth-order valence-electron chi connectivity index (χ4n) is 8.70. The number of imide groups is 2. The summed E-state index contributed by atoms with van der Waals surface area (Å²) < 4.78 is 0. The molecule has 40 heavy (non-hydrogen) atoms. The minimum atomic E-state index is -0.0866. The van der Waals surface area contributed by atoms with E-state index in [1.54, 1.807) is 9.80 Å². The Bertz CT molecular complexity index is 738. The van der Waals surface area contributed by atoms with Crippen molar-refractivity contribution in [1.82, 2.24) is 9.80 Å². The zero-order valence-corrected chi connectivity index (χ0v) is 25.0. The first-order valence-corrected chi connectivity index (χ1v) is 17.3. The van der Waals surface area contributed by atoms with Gasteiger partial charge in [0.15, 0.2) is 0 Å². The molecule has 0 unspecified atom stereocenters. The molecule has 0 radical (unpaired) electrons. The highest BCUT2D eigenvalue weighted by molar-refractivity contribution is 5.99. The lowest BCUT2D eigenvalue weighted by Gasteiger charge is -2.43. The molecule has 6 heteroatoms. The van der Waals surface area contributed by atoms with Crippen LogP contribution in [-0.4, -0.2) is 45.5 Å². The largest absolute Gasteiger partial charge is 0.279 e. The Morgan fingerprint density at radius 1 is 0.300 bits per heavy atom. The van der Waals surface area contributed by atoms with Crippen molar-refractivity contribution in [2.45, 2.75) is 166 Å². The van der Waals surface area contributed by atoms with Crippen LogP contribution in [-0.2, 0) is 19.2 Å². The average Bonchev–Trinajstić information content (AvgIpc) is 3.03. The molecular formula is C34H54N2O4. The number of rotatable bonds is 6. The monoisotopic (exact) mass is 554 g/mol. The van der Waals surface area contributed by atoms with E-state index in [1.807, 2.05) is 0 Å². The Morgan fingerprint density at radius 3 is 0.700 bits per heavy atom. The van der Waals surface area contributed by atoms with Gasteiger partial charge in [-0.15, -0.1) is 0 Å². The van der Waals surface area contributed by atoms with Gasteiger partial charge in [0.1, 0.15) is 0 Å². The highest BCUT2D eigenvalue weighted by Gasteiger charge is 2.43. The number of carbonyl (C=O) groups excluding carboxylic acids is 4. The first-order chi connectivity index (χ1) is 19.5. The van der Waals surface area contributed by atoms with E-state index in [0.717, 1.165) is 103 Å². The fourth-order valence-corrected chi connectivity index (χ4v) is 8.70. The second kappa shape index (κ2) is 14.4. The Morgan fingerprint density at radius 2 is 0.500 bits per heavy atom. The Balaban J connectivity index is 1.31. The third kappa shape index (κ3) is 7.01. The van der Waals surface area contributed by atoms with E-state index in [9.17, 15) is 19.2 Å². The molecule has 0 heterocycles. The number of hydrogen-bond acceptors (Lipinski definition) is 4. The third-order valence-electron chi connectivity index (χ3n) is 11.2. The molecule has 5 aliphatic rings. The first kappa shape index (κ1) is 29.8. The molecule has 0 aromatic carbocycles. The molecule has 5 saturated carbocycles. The summed E-state index contributed by atoms with van der Waals surface area (Å²) in [6, 6.07) is -0.173. The maximum Gasteiger partial charge on any atom is 0.232 e. The van der Waals surface area contributed by atoms with Gasteiger partial charge in [-0.2, -0.15) is 0 Å². The lowest BCUT2D eigenvalue weighted by molar-refractivity contribution is -0.160. The molecule has 224 valence electrons. The minimum Gasteiger partial charge on any atom is -0.279 e. The first-order valence-electron chi connectivity index (χ1n) is 17.3. The van der Waals surface area contributed by atoms with Gasteiger partial charge in [0.05, 0.1) is 0 Å². The predicted molar refractivity (Wildman–Crippen MR) is 156 cm³/mol. The minimum absolute atomic E-state index is 0.0173. The van der Waals surface area contributed by atoms with Crippen molar-refractivity contribution >= 4 is 23.6 Å². The summed E-state index contributed by atoms with van der Waals surface area (Å²) in [6.45, 7) is 0. The number of amides is 4. The van der Waals surface area contributed by atoms with Crippen molar-refractivity contribution in [3.05, 3.63) is 0 Å². The van der Waals surface area contributed by atoms with Crippen LogP contribution in [0.4, 0.5) is 0 Å². The zero-order chi connectivity index (χ0) is 27.9. The quantitative estimate of drug-likeness (QED) is 0.322. The van der Waals surface area contributed by atoms with Crippen LogP contribution in [0.1, 0.15) is 154 Å². The van der Waals surface area contributed by atoms with Crippen LogP contribution >= 0.6 is 0 Å². The maximum absolute atomic E-state index is 13.9. The van der Waals surface area contributed by atoms with Gasteiger partial charge in [0.25, 0.3) is 0 Å². The number of hydrogen-bond donors (Lipinski definition) is 0. The second-order valence-corrected chi connectivity index (χ2v) is 13.9. The summed E-state index contributed by atoms with van der Waals surface area (Å²) in [5, 5.41) is 0. The van der Waals surface area contributed by atoms with Crippen molar-refractivity contribution in [3.8, 4) is 0 Å². The number of nitrogens with zero attached hydrogens (tertiary/aromatic N) is 2. The van der Waals surface area contributed by atoms with Crippen molar-refractivity contribution in [3.63, 3.8) is 0 Å². The summed E-state index contributed by atoms with van der Waals surface area (Å²) >= 11 is 0. The van der Waals surface area contributed by atoms with Crippen LogP contribution in [0.2, 0.25) is 0 Å². The standard InChI is InChI=1S/C34H54N2O4/c37-31(25-13-5-1-6-14-25)35(32(38)26-15-7-2-8-16-26)29-21-23-30(24-22-29)36(33(39)27-17-9-3-10-18-27)34(40)28-19-11-4-12-20-28/h25-30H,1-24H2. The molecule has 5 aliphatic carbocycles. The molecule has 0 N–H and O–H groups in total. The summed E-state index contributed by atoms with van der Waals surface area (Å²) in [5.74, 6) is 0.235. The van der Waals surface area contributed by atoms with Gasteiger partial charge in [-0.25, -0.2) is 0 Å². The molecule has 5 fully saturated rings. The molecule has 0 aromatic rings.